The number of nitrogens with one attached hydrogen (secondary N) is 2. The maximum atomic E-state index is 13.0. The lowest BCUT2D eigenvalue weighted by atomic mass is 10.1. The van der Waals surface area contributed by atoms with E-state index < -0.39 is 17.7 Å². The molecule has 11 nitrogen and oxygen atoms in total. The van der Waals surface area contributed by atoms with Gasteiger partial charge in [0.15, 0.2) is 5.13 Å². The van der Waals surface area contributed by atoms with Gasteiger partial charge >= 0.3 is 0 Å². The number of nitrogens with zero attached hydrogens (tertiary/aromatic N) is 3. The van der Waals surface area contributed by atoms with Crippen LogP contribution in [0.1, 0.15) is 10.4 Å². The van der Waals surface area contributed by atoms with Crippen molar-refractivity contribution in [1.29, 1.82) is 0 Å². The zero-order valence-corrected chi connectivity index (χ0v) is 22.2. The maximum absolute atomic E-state index is 13.0. The van der Waals surface area contributed by atoms with E-state index in [1.165, 1.54) is 42.7 Å². The fourth-order valence-electron chi connectivity index (χ4n) is 3.86. The van der Waals surface area contributed by atoms with Crippen LogP contribution in [0, 0.1) is 5.21 Å². The Bertz CT molecular complexity index is 1650. The van der Waals surface area contributed by atoms with Gasteiger partial charge in [0.25, 0.3) is 17.7 Å². The fourth-order valence-corrected chi connectivity index (χ4v) is 4.79. The number of halogens is 1. The molecule has 0 bridgehead atoms. The Balaban J connectivity index is 1.25. The molecule has 0 saturated heterocycles. The van der Waals surface area contributed by atoms with Gasteiger partial charge < -0.3 is 20.5 Å². The van der Waals surface area contributed by atoms with Crippen molar-refractivity contribution in [3.05, 3.63) is 99.7 Å². The zero-order chi connectivity index (χ0) is 28.4. The monoisotopic (exact) mass is 576 g/mol. The van der Waals surface area contributed by atoms with E-state index in [0.717, 1.165) is 4.90 Å². The van der Waals surface area contributed by atoms with Crippen LogP contribution in [-0.4, -0.2) is 35.0 Å². The van der Waals surface area contributed by atoms with Crippen LogP contribution in [0.2, 0.25) is 0 Å². The molecule has 2 heterocycles. The van der Waals surface area contributed by atoms with Crippen molar-refractivity contribution in [3.8, 4) is 17.0 Å². The van der Waals surface area contributed by atoms with Crippen molar-refractivity contribution < 1.29 is 24.3 Å². The van der Waals surface area contributed by atoms with E-state index in [9.17, 15) is 19.6 Å². The molecule has 5 rings (SSSR count). The van der Waals surface area contributed by atoms with E-state index >= 15 is 0 Å². The van der Waals surface area contributed by atoms with E-state index in [1.54, 1.807) is 53.9 Å². The second-order valence-electron chi connectivity index (χ2n) is 8.35. The van der Waals surface area contributed by atoms with Gasteiger partial charge in [-0.2, -0.15) is 0 Å². The number of thiazole rings is 1. The third-order valence-electron chi connectivity index (χ3n) is 5.84. The summed E-state index contributed by atoms with van der Waals surface area (Å²) in [4.78, 5) is 43.8. The van der Waals surface area contributed by atoms with E-state index in [4.69, 9.17) is 21.5 Å². The Labute approximate surface area is 236 Å². The molecule has 0 radical (unpaired) electrons. The average molecular weight is 577 g/mol. The first-order valence-corrected chi connectivity index (χ1v) is 12.8. The number of ether oxygens (including phenoxy) is 1. The largest absolute Gasteiger partial charge is 0.733 e. The molecule has 3 amide bonds. The average Bonchev–Trinajstić information content (AvgIpc) is 3.51. The number of imide groups is 1. The van der Waals surface area contributed by atoms with Crippen molar-refractivity contribution in [2.75, 3.05) is 27.9 Å². The molecule has 4 aromatic rings. The van der Waals surface area contributed by atoms with Crippen molar-refractivity contribution >= 4 is 62.9 Å². The Morgan fingerprint density at radius 2 is 1.82 bits per heavy atom. The highest BCUT2D eigenvalue weighted by Crippen LogP contribution is 2.32. The number of hydrogen-bond donors (Lipinski definition) is 3. The van der Waals surface area contributed by atoms with E-state index in [-0.39, 0.29) is 21.6 Å². The van der Waals surface area contributed by atoms with Crippen molar-refractivity contribution in [1.82, 2.24) is 4.98 Å². The number of hydrogen-bond acceptors (Lipinski definition) is 10. The van der Waals surface area contributed by atoms with Gasteiger partial charge in [0, 0.05) is 28.3 Å². The third-order valence-corrected chi connectivity index (χ3v) is 6.95. The predicted molar refractivity (Wildman–Crippen MR) is 152 cm³/mol. The van der Waals surface area contributed by atoms with Crippen LogP contribution in [-0.2, 0) is 9.59 Å². The zero-order valence-electron chi connectivity index (χ0n) is 20.6. The Kier molecular flexibility index (Phi) is 7.49. The standard InChI is InChI=1S/C27H19ClN5O6S/c1-39-20-7-3-5-18(13-20)32-25(35)22(28)23(26(32)36)29-17-10-8-15(9-11-17)24(34)31-27-30-21(14-40-27)16-4-2-6-19(12-16)33(37)38/h2-14,29,37H,1H3,(H,30,31,34)/q-1. The number of amides is 3. The molecule has 1 aromatic heterocycles. The van der Waals surface area contributed by atoms with Crippen LogP contribution >= 0.6 is 22.9 Å². The molecule has 0 atom stereocenters. The highest BCUT2D eigenvalue weighted by Gasteiger charge is 2.39. The number of aromatic nitrogens is 1. The normalized spacial score (nSPS) is 13.1. The summed E-state index contributed by atoms with van der Waals surface area (Å²) in [6, 6.07) is 18.9. The van der Waals surface area contributed by atoms with Crippen LogP contribution in [0.15, 0.2) is 88.9 Å². The van der Waals surface area contributed by atoms with Crippen molar-refractivity contribution in [2.24, 2.45) is 0 Å². The molecule has 40 heavy (non-hydrogen) atoms. The van der Waals surface area contributed by atoms with Gasteiger partial charge in [-0.1, -0.05) is 29.8 Å². The number of benzene rings is 3. The summed E-state index contributed by atoms with van der Waals surface area (Å²) in [6.07, 6.45) is 0. The number of anilines is 4. The molecule has 3 aromatic carbocycles. The van der Waals surface area contributed by atoms with Crippen LogP contribution in [0.3, 0.4) is 0 Å². The van der Waals surface area contributed by atoms with Gasteiger partial charge in [-0.05, 0) is 48.5 Å². The summed E-state index contributed by atoms with van der Waals surface area (Å²) in [5.41, 5.74) is 2.15. The summed E-state index contributed by atoms with van der Waals surface area (Å²) in [7, 11) is 1.48. The molecule has 13 heteroatoms. The van der Waals surface area contributed by atoms with E-state index in [0.29, 0.717) is 39.1 Å². The molecular weight excluding hydrogens is 558 g/mol. The molecule has 0 saturated carbocycles. The summed E-state index contributed by atoms with van der Waals surface area (Å²) in [6.45, 7) is 0. The first-order chi connectivity index (χ1) is 19.2. The van der Waals surface area contributed by atoms with Gasteiger partial charge in [0.2, 0.25) is 0 Å². The Hall–Kier alpha value is -4.75. The van der Waals surface area contributed by atoms with Gasteiger partial charge in [-0.25, -0.2) is 9.88 Å². The summed E-state index contributed by atoms with van der Waals surface area (Å²) >= 11 is 7.40. The molecule has 0 spiro atoms. The molecule has 0 aliphatic carbocycles. The molecule has 3 N–H and O–H groups in total. The van der Waals surface area contributed by atoms with Crippen LogP contribution < -0.4 is 25.5 Å². The SMILES string of the molecule is COc1cccc(N2C(=O)C(Cl)=C(Nc3ccc(C(=O)Nc4nc(-c5cccc(N([O-])O)c5)cs4)cc3)C2=O)c1. The van der Waals surface area contributed by atoms with Crippen LogP contribution in [0.25, 0.3) is 11.3 Å². The molecule has 1 aliphatic rings. The van der Waals surface area contributed by atoms with Crippen molar-refractivity contribution in [2.45, 2.75) is 0 Å². The maximum Gasteiger partial charge on any atom is 0.283 e. The number of carbonyl (C=O) groups excluding carboxylic acids is 3. The minimum absolute atomic E-state index is 0.0542. The predicted octanol–water partition coefficient (Wildman–Crippen LogP) is 5.20. The molecule has 1 aliphatic heterocycles. The lowest BCUT2D eigenvalue weighted by Crippen LogP contribution is -2.32. The second kappa shape index (κ2) is 11.2. The lowest BCUT2D eigenvalue weighted by Gasteiger charge is -2.21. The Morgan fingerprint density at radius 3 is 2.55 bits per heavy atom. The van der Waals surface area contributed by atoms with Gasteiger partial charge in [-0.15, -0.1) is 11.3 Å². The molecule has 202 valence electrons. The van der Waals surface area contributed by atoms with Gasteiger partial charge in [0.1, 0.15) is 16.5 Å². The topological polar surface area (TPSA) is 147 Å². The molecule has 0 fully saturated rings. The number of rotatable bonds is 8. The van der Waals surface area contributed by atoms with Crippen LogP contribution in [0.5, 0.6) is 5.75 Å². The molecule has 0 unspecified atom stereocenters. The van der Waals surface area contributed by atoms with E-state index in [2.05, 4.69) is 15.6 Å². The highest BCUT2D eigenvalue weighted by atomic mass is 35.5. The smallest absolute Gasteiger partial charge is 0.283 e. The third kappa shape index (κ3) is 5.37. The van der Waals surface area contributed by atoms with E-state index in [1.807, 2.05) is 0 Å². The molecular formula is C27H19ClN5O6S-. The number of methoxy groups -OCH3 is 1. The number of carbonyl (C=O) groups is 3. The quantitative estimate of drug-likeness (QED) is 0.190. The summed E-state index contributed by atoms with van der Waals surface area (Å²) in [5.74, 6) is -1.24. The summed E-state index contributed by atoms with van der Waals surface area (Å²) < 4.78 is 5.17. The first kappa shape index (κ1) is 26.8. The minimum atomic E-state index is -0.672. The van der Waals surface area contributed by atoms with Crippen LogP contribution in [0.4, 0.5) is 22.2 Å². The fraction of sp³-hybridized carbons (Fsp3) is 0.0370. The minimum Gasteiger partial charge on any atom is -0.733 e. The second-order valence-corrected chi connectivity index (χ2v) is 9.59. The Morgan fingerprint density at radius 1 is 1.07 bits per heavy atom. The first-order valence-electron chi connectivity index (χ1n) is 11.6. The lowest BCUT2D eigenvalue weighted by molar-refractivity contribution is -0.120. The van der Waals surface area contributed by atoms with Gasteiger partial charge in [-0.3, -0.25) is 24.9 Å². The highest BCUT2D eigenvalue weighted by molar-refractivity contribution is 7.14. The summed E-state index contributed by atoms with van der Waals surface area (Å²) in [5, 5.41) is 27.4. The van der Waals surface area contributed by atoms with Gasteiger partial charge in [0.05, 0.1) is 24.2 Å². The van der Waals surface area contributed by atoms with Crippen molar-refractivity contribution in [3.63, 3.8) is 0 Å².